The molecule has 0 radical (unpaired) electrons. The second-order valence-corrected chi connectivity index (χ2v) is 3.21. The van der Waals surface area contributed by atoms with E-state index in [-0.39, 0.29) is 0 Å². The third-order valence-corrected chi connectivity index (χ3v) is 2.33. The van der Waals surface area contributed by atoms with Gasteiger partial charge in [0.2, 0.25) is 0 Å². The molecule has 0 saturated heterocycles. The monoisotopic (exact) mass is 138 g/mol. The van der Waals surface area contributed by atoms with Gasteiger partial charge in [0.25, 0.3) is 0 Å². The maximum atomic E-state index is 2.27. The van der Waals surface area contributed by atoms with Crippen molar-refractivity contribution in [3.63, 3.8) is 0 Å². The van der Waals surface area contributed by atoms with Crippen molar-refractivity contribution in [2.75, 3.05) is 0 Å². The summed E-state index contributed by atoms with van der Waals surface area (Å²) in [4.78, 5) is 0. The quantitative estimate of drug-likeness (QED) is 0.520. The Morgan fingerprint density at radius 3 is 1.50 bits per heavy atom. The molecule has 0 fully saturated rings. The van der Waals surface area contributed by atoms with Gasteiger partial charge in [-0.2, -0.15) is 0 Å². The van der Waals surface area contributed by atoms with E-state index in [2.05, 4.69) is 13.8 Å². The van der Waals surface area contributed by atoms with Crippen LogP contribution in [-0.4, -0.2) is 0 Å². The largest absolute Gasteiger partial charge is 0.0707 e. The fraction of sp³-hybridized carbons (Fsp3) is 0.800. The molecule has 0 bridgehead atoms. The molecule has 1 aliphatic carbocycles. The third kappa shape index (κ3) is 1.62. The summed E-state index contributed by atoms with van der Waals surface area (Å²) in [6.07, 6.45) is 8.22. The van der Waals surface area contributed by atoms with E-state index >= 15 is 0 Å². The first-order valence-electron chi connectivity index (χ1n) is 4.58. The summed E-state index contributed by atoms with van der Waals surface area (Å²) >= 11 is 0. The molecule has 0 heteroatoms. The van der Waals surface area contributed by atoms with E-state index in [0.717, 1.165) is 0 Å². The van der Waals surface area contributed by atoms with Gasteiger partial charge in [0.15, 0.2) is 0 Å². The Morgan fingerprint density at radius 2 is 1.30 bits per heavy atom. The zero-order valence-electron chi connectivity index (χ0n) is 7.24. The summed E-state index contributed by atoms with van der Waals surface area (Å²) in [5, 5.41) is 0. The van der Waals surface area contributed by atoms with Crippen molar-refractivity contribution in [3.05, 3.63) is 11.1 Å². The molecule has 0 N–H and O–H groups in total. The van der Waals surface area contributed by atoms with E-state index < -0.39 is 0 Å². The molecule has 0 nitrogen and oxygen atoms in total. The maximum Gasteiger partial charge on any atom is -0.0280 e. The molecule has 0 saturated carbocycles. The Balaban J connectivity index is 2.34. The van der Waals surface area contributed by atoms with Crippen molar-refractivity contribution in [1.29, 1.82) is 0 Å². The molecule has 1 aliphatic rings. The molecule has 0 aromatic carbocycles. The van der Waals surface area contributed by atoms with Crippen LogP contribution < -0.4 is 0 Å². The van der Waals surface area contributed by atoms with E-state index in [1.807, 2.05) is 0 Å². The molecule has 0 aromatic rings. The van der Waals surface area contributed by atoms with Crippen molar-refractivity contribution in [2.45, 2.75) is 52.4 Å². The normalized spacial score (nSPS) is 17.4. The van der Waals surface area contributed by atoms with Crippen LogP contribution in [-0.2, 0) is 0 Å². The average Bonchev–Trinajstić information content (AvgIpc) is 1.93. The molecular weight excluding hydrogens is 120 g/mol. The van der Waals surface area contributed by atoms with Gasteiger partial charge in [-0.15, -0.1) is 0 Å². The minimum atomic E-state index is 1.34. The second-order valence-electron chi connectivity index (χ2n) is 3.21. The average molecular weight is 138 g/mol. The van der Waals surface area contributed by atoms with Crippen LogP contribution in [0.15, 0.2) is 11.1 Å². The van der Waals surface area contributed by atoms with E-state index in [4.69, 9.17) is 0 Å². The SMILES string of the molecule is CCCC1=C(CCC)CC1. The number of allylic oxidation sites excluding steroid dienone is 2. The van der Waals surface area contributed by atoms with Crippen molar-refractivity contribution in [2.24, 2.45) is 0 Å². The number of hydrogen-bond acceptors (Lipinski definition) is 0. The molecule has 0 spiro atoms. The second kappa shape index (κ2) is 3.80. The van der Waals surface area contributed by atoms with Gasteiger partial charge in [0.05, 0.1) is 0 Å². The lowest BCUT2D eigenvalue weighted by atomic mass is 9.83. The molecule has 0 atom stereocenters. The number of rotatable bonds is 4. The smallest absolute Gasteiger partial charge is 0.0280 e. The third-order valence-electron chi connectivity index (χ3n) is 2.33. The van der Waals surface area contributed by atoms with Gasteiger partial charge in [-0.1, -0.05) is 37.8 Å². The van der Waals surface area contributed by atoms with Gasteiger partial charge in [-0.05, 0) is 25.7 Å². The van der Waals surface area contributed by atoms with Crippen molar-refractivity contribution < 1.29 is 0 Å². The Kier molecular flexibility index (Phi) is 2.98. The van der Waals surface area contributed by atoms with Crippen LogP contribution in [0.2, 0.25) is 0 Å². The minimum Gasteiger partial charge on any atom is -0.0707 e. The molecule has 58 valence electrons. The number of hydrogen-bond donors (Lipinski definition) is 0. The minimum absolute atomic E-state index is 1.34. The highest BCUT2D eigenvalue weighted by molar-refractivity contribution is 5.24. The predicted octanol–water partition coefficient (Wildman–Crippen LogP) is 3.68. The van der Waals surface area contributed by atoms with E-state index in [1.165, 1.54) is 38.5 Å². The Labute approximate surface area is 64.3 Å². The zero-order valence-corrected chi connectivity index (χ0v) is 7.24. The first-order chi connectivity index (χ1) is 4.88. The van der Waals surface area contributed by atoms with Gasteiger partial charge >= 0.3 is 0 Å². The van der Waals surface area contributed by atoms with Crippen molar-refractivity contribution >= 4 is 0 Å². The van der Waals surface area contributed by atoms with E-state index in [1.54, 1.807) is 11.1 Å². The highest BCUT2D eigenvalue weighted by Crippen LogP contribution is 2.33. The van der Waals surface area contributed by atoms with Crippen LogP contribution in [0.25, 0.3) is 0 Å². The highest BCUT2D eigenvalue weighted by atomic mass is 14.2. The van der Waals surface area contributed by atoms with Gasteiger partial charge < -0.3 is 0 Å². The maximum absolute atomic E-state index is 2.27. The lowest BCUT2D eigenvalue weighted by Gasteiger charge is -2.23. The molecule has 0 unspecified atom stereocenters. The van der Waals surface area contributed by atoms with Gasteiger partial charge in [0.1, 0.15) is 0 Å². The Morgan fingerprint density at radius 1 is 0.900 bits per heavy atom. The lowest BCUT2D eigenvalue weighted by molar-refractivity contribution is 0.668. The summed E-state index contributed by atoms with van der Waals surface area (Å²) in [6, 6.07) is 0. The predicted molar refractivity (Wildman–Crippen MR) is 46.1 cm³/mol. The summed E-state index contributed by atoms with van der Waals surface area (Å²) in [6.45, 7) is 4.55. The molecule has 10 heavy (non-hydrogen) atoms. The van der Waals surface area contributed by atoms with Crippen LogP contribution >= 0.6 is 0 Å². The Hall–Kier alpha value is -0.260. The lowest BCUT2D eigenvalue weighted by Crippen LogP contribution is -2.03. The van der Waals surface area contributed by atoms with Crippen LogP contribution in [0.5, 0.6) is 0 Å². The van der Waals surface area contributed by atoms with Crippen molar-refractivity contribution in [1.82, 2.24) is 0 Å². The molecule has 0 heterocycles. The van der Waals surface area contributed by atoms with Crippen LogP contribution in [0.3, 0.4) is 0 Å². The van der Waals surface area contributed by atoms with Crippen LogP contribution in [0.1, 0.15) is 52.4 Å². The zero-order chi connectivity index (χ0) is 7.40. The summed E-state index contributed by atoms with van der Waals surface area (Å²) in [5.41, 5.74) is 3.56. The van der Waals surface area contributed by atoms with Gasteiger partial charge in [-0.25, -0.2) is 0 Å². The van der Waals surface area contributed by atoms with Gasteiger partial charge in [0, 0.05) is 0 Å². The summed E-state index contributed by atoms with van der Waals surface area (Å²) < 4.78 is 0. The fourth-order valence-electron chi connectivity index (χ4n) is 1.69. The van der Waals surface area contributed by atoms with Crippen molar-refractivity contribution in [3.8, 4) is 0 Å². The summed E-state index contributed by atoms with van der Waals surface area (Å²) in [7, 11) is 0. The highest BCUT2D eigenvalue weighted by Gasteiger charge is 2.14. The molecule has 1 rings (SSSR count). The topological polar surface area (TPSA) is 0 Å². The molecule has 0 aromatic heterocycles. The molecule has 0 aliphatic heterocycles. The molecule has 0 amide bonds. The fourth-order valence-corrected chi connectivity index (χ4v) is 1.69. The Bertz CT molecular complexity index is 115. The first-order valence-corrected chi connectivity index (χ1v) is 4.58. The van der Waals surface area contributed by atoms with E-state index in [0.29, 0.717) is 0 Å². The van der Waals surface area contributed by atoms with Crippen LogP contribution in [0, 0.1) is 0 Å². The summed E-state index contributed by atoms with van der Waals surface area (Å²) in [5.74, 6) is 0. The molecular formula is C10H18. The van der Waals surface area contributed by atoms with Gasteiger partial charge in [-0.3, -0.25) is 0 Å². The van der Waals surface area contributed by atoms with E-state index in [9.17, 15) is 0 Å². The first kappa shape index (κ1) is 7.84. The van der Waals surface area contributed by atoms with Crippen LogP contribution in [0.4, 0.5) is 0 Å². The standard InChI is InChI=1S/C10H18/c1-3-5-9-7-8-10(9)6-4-2/h3-8H2,1-2H3.